The van der Waals surface area contributed by atoms with Gasteiger partial charge in [-0.2, -0.15) is 0 Å². The molecule has 1 fully saturated rings. The zero-order valence-corrected chi connectivity index (χ0v) is 16.0. The van der Waals surface area contributed by atoms with Crippen molar-refractivity contribution in [2.45, 2.75) is 19.4 Å². The molecule has 0 aliphatic carbocycles. The molecule has 1 aliphatic rings. The second kappa shape index (κ2) is 9.02. The molecule has 160 valence electrons. The number of carbonyl (C=O) groups excluding carboxylic acids is 2. The highest BCUT2D eigenvalue weighted by atomic mass is 19.1. The minimum atomic E-state index is -1.01. The Bertz CT molecular complexity index is 947. The van der Waals surface area contributed by atoms with Crippen molar-refractivity contribution in [3.05, 3.63) is 59.2 Å². The first-order valence-electron chi connectivity index (χ1n) is 9.14. The van der Waals surface area contributed by atoms with E-state index >= 15 is 0 Å². The average molecular weight is 425 g/mol. The molecule has 1 unspecified atom stereocenters. The van der Waals surface area contributed by atoms with Gasteiger partial charge in [0.1, 0.15) is 29.4 Å². The van der Waals surface area contributed by atoms with E-state index in [9.17, 15) is 27.2 Å². The van der Waals surface area contributed by atoms with Gasteiger partial charge in [0.05, 0.1) is 24.5 Å². The first kappa shape index (κ1) is 21.4. The predicted molar refractivity (Wildman–Crippen MR) is 101 cm³/mol. The van der Waals surface area contributed by atoms with E-state index in [0.29, 0.717) is 12.1 Å². The topological polar surface area (TPSA) is 70.7 Å². The van der Waals surface area contributed by atoms with Gasteiger partial charge in [0.2, 0.25) is 5.91 Å². The van der Waals surface area contributed by atoms with E-state index in [1.165, 1.54) is 24.0 Å². The van der Waals surface area contributed by atoms with Gasteiger partial charge < -0.3 is 15.4 Å². The van der Waals surface area contributed by atoms with Gasteiger partial charge in [0.25, 0.3) is 0 Å². The second-order valence-corrected chi connectivity index (χ2v) is 6.74. The summed E-state index contributed by atoms with van der Waals surface area (Å²) in [5.41, 5.74) is 0.0407. The third kappa shape index (κ3) is 5.00. The molecule has 0 bridgehead atoms. The van der Waals surface area contributed by atoms with Crippen molar-refractivity contribution in [3.63, 3.8) is 0 Å². The highest BCUT2D eigenvalue weighted by molar-refractivity contribution is 5.90. The molecule has 2 amide bonds. The van der Waals surface area contributed by atoms with E-state index in [1.807, 2.05) is 0 Å². The van der Waals surface area contributed by atoms with Crippen LogP contribution in [-0.4, -0.2) is 37.7 Å². The summed E-state index contributed by atoms with van der Waals surface area (Å²) < 4.78 is 59.8. The van der Waals surface area contributed by atoms with Gasteiger partial charge in [-0.3, -0.25) is 9.69 Å². The standard InChI is InChI=1S/C20H19F4N3O3/c1-11(28)26-9-14-10-27(20(29)30-14)13-2-3-19(18(24)8-13)25-5-4-15-16(22)6-12(21)7-17(15)23/h2-3,6-8,14,25H,4-5,9-10H2,1H3,(H,26,28). The van der Waals surface area contributed by atoms with E-state index < -0.39 is 35.5 Å². The molecule has 1 saturated heterocycles. The van der Waals surface area contributed by atoms with Crippen molar-refractivity contribution in [1.82, 2.24) is 5.32 Å². The van der Waals surface area contributed by atoms with Gasteiger partial charge in [-0.1, -0.05) is 0 Å². The number of hydrogen-bond donors (Lipinski definition) is 2. The zero-order chi connectivity index (χ0) is 21.8. The van der Waals surface area contributed by atoms with Crippen LogP contribution < -0.4 is 15.5 Å². The van der Waals surface area contributed by atoms with Crippen LogP contribution in [0, 0.1) is 23.3 Å². The Kier molecular flexibility index (Phi) is 6.43. The van der Waals surface area contributed by atoms with Crippen LogP contribution in [0.25, 0.3) is 0 Å². The number of nitrogens with zero attached hydrogens (tertiary/aromatic N) is 1. The maximum atomic E-state index is 14.4. The number of anilines is 2. The number of nitrogens with one attached hydrogen (secondary N) is 2. The number of hydrogen-bond acceptors (Lipinski definition) is 4. The molecular weight excluding hydrogens is 406 g/mol. The van der Waals surface area contributed by atoms with Crippen molar-refractivity contribution in [2.75, 3.05) is 29.9 Å². The van der Waals surface area contributed by atoms with Gasteiger partial charge in [-0.25, -0.2) is 22.4 Å². The molecule has 2 N–H and O–H groups in total. The fourth-order valence-corrected chi connectivity index (χ4v) is 3.04. The molecule has 1 aliphatic heterocycles. The molecular formula is C20H19F4N3O3. The molecule has 2 aromatic rings. The number of ether oxygens (including phenoxy) is 1. The molecule has 0 radical (unpaired) electrons. The predicted octanol–water partition coefficient (Wildman–Crippen LogP) is 3.36. The lowest BCUT2D eigenvalue weighted by Crippen LogP contribution is -2.33. The van der Waals surface area contributed by atoms with Crippen LogP contribution in [0.15, 0.2) is 30.3 Å². The Hall–Kier alpha value is -3.30. The summed E-state index contributed by atoms with van der Waals surface area (Å²) in [7, 11) is 0. The number of carbonyl (C=O) groups is 2. The van der Waals surface area contributed by atoms with Crippen molar-refractivity contribution in [1.29, 1.82) is 0 Å². The first-order valence-corrected chi connectivity index (χ1v) is 9.14. The normalized spacial score (nSPS) is 15.8. The molecule has 2 aromatic carbocycles. The van der Waals surface area contributed by atoms with Crippen molar-refractivity contribution < 1.29 is 31.9 Å². The third-order valence-corrected chi connectivity index (χ3v) is 4.51. The van der Waals surface area contributed by atoms with Crippen LogP contribution in [0.5, 0.6) is 0 Å². The van der Waals surface area contributed by atoms with E-state index in [-0.39, 0.29) is 48.9 Å². The van der Waals surface area contributed by atoms with Crippen LogP contribution in [-0.2, 0) is 16.0 Å². The fraction of sp³-hybridized carbons (Fsp3) is 0.300. The van der Waals surface area contributed by atoms with Crippen molar-refractivity contribution in [2.24, 2.45) is 0 Å². The lowest BCUT2D eigenvalue weighted by Gasteiger charge is -2.15. The van der Waals surface area contributed by atoms with E-state index in [1.54, 1.807) is 0 Å². The molecule has 0 saturated carbocycles. The number of rotatable bonds is 7. The first-order chi connectivity index (χ1) is 14.2. The zero-order valence-electron chi connectivity index (χ0n) is 16.0. The Morgan fingerprint density at radius 3 is 2.47 bits per heavy atom. The maximum absolute atomic E-state index is 14.4. The number of amides is 2. The minimum absolute atomic E-state index is 0.000283. The monoisotopic (exact) mass is 425 g/mol. The number of cyclic esters (lactones) is 1. The molecule has 6 nitrogen and oxygen atoms in total. The van der Waals surface area contributed by atoms with Gasteiger partial charge in [-0.15, -0.1) is 0 Å². The van der Waals surface area contributed by atoms with Gasteiger partial charge in [-0.05, 0) is 24.6 Å². The maximum Gasteiger partial charge on any atom is 0.414 e. The average Bonchev–Trinajstić information content (AvgIpc) is 3.04. The number of halogens is 4. The molecule has 0 aromatic heterocycles. The Morgan fingerprint density at radius 1 is 1.13 bits per heavy atom. The summed E-state index contributed by atoms with van der Waals surface area (Å²) in [4.78, 5) is 24.2. The number of benzene rings is 2. The highest BCUT2D eigenvalue weighted by Crippen LogP contribution is 2.26. The summed E-state index contributed by atoms with van der Waals surface area (Å²) in [6.07, 6.45) is -1.34. The molecule has 1 atom stereocenters. The SMILES string of the molecule is CC(=O)NCC1CN(c2ccc(NCCc3c(F)cc(F)cc3F)c(F)c2)C(=O)O1. The lowest BCUT2D eigenvalue weighted by molar-refractivity contribution is -0.119. The molecule has 1 heterocycles. The van der Waals surface area contributed by atoms with Crippen LogP contribution in [0.3, 0.4) is 0 Å². The summed E-state index contributed by atoms with van der Waals surface area (Å²) in [5, 5.41) is 5.26. The van der Waals surface area contributed by atoms with E-state index in [0.717, 1.165) is 6.07 Å². The Balaban J connectivity index is 1.60. The molecule has 0 spiro atoms. The fourth-order valence-electron chi connectivity index (χ4n) is 3.04. The van der Waals surface area contributed by atoms with E-state index in [2.05, 4.69) is 10.6 Å². The van der Waals surface area contributed by atoms with Crippen LogP contribution in [0.1, 0.15) is 12.5 Å². The quantitative estimate of drug-likeness (QED) is 0.668. The second-order valence-electron chi connectivity index (χ2n) is 6.74. The Labute approximate surface area is 169 Å². The Morgan fingerprint density at radius 2 is 1.83 bits per heavy atom. The lowest BCUT2D eigenvalue weighted by atomic mass is 10.1. The van der Waals surface area contributed by atoms with E-state index in [4.69, 9.17) is 4.74 Å². The van der Waals surface area contributed by atoms with Crippen LogP contribution in [0.2, 0.25) is 0 Å². The minimum Gasteiger partial charge on any atom is -0.442 e. The molecule has 10 heteroatoms. The van der Waals surface area contributed by atoms with Gasteiger partial charge in [0, 0.05) is 31.2 Å². The van der Waals surface area contributed by atoms with Crippen molar-refractivity contribution in [3.8, 4) is 0 Å². The summed E-state index contributed by atoms with van der Waals surface area (Å²) in [6, 6.07) is 5.18. The summed E-state index contributed by atoms with van der Waals surface area (Å²) in [6.45, 7) is 1.64. The smallest absolute Gasteiger partial charge is 0.414 e. The summed E-state index contributed by atoms with van der Waals surface area (Å²) in [5.74, 6) is -3.96. The largest absolute Gasteiger partial charge is 0.442 e. The molecule has 30 heavy (non-hydrogen) atoms. The van der Waals surface area contributed by atoms with Gasteiger partial charge >= 0.3 is 6.09 Å². The molecule has 3 rings (SSSR count). The highest BCUT2D eigenvalue weighted by Gasteiger charge is 2.32. The summed E-state index contributed by atoms with van der Waals surface area (Å²) >= 11 is 0. The van der Waals surface area contributed by atoms with Crippen molar-refractivity contribution >= 4 is 23.4 Å². The van der Waals surface area contributed by atoms with Crippen LogP contribution >= 0.6 is 0 Å². The third-order valence-electron chi connectivity index (χ3n) is 4.51. The van der Waals surface area contributed by atoms with Gasteiger partial charge in [0.15, 0.2) is 0 Å². The van der Waals surface area contributed by atoms with Crippen LogP contribution in [0.4, 0.5) is 33.7 Å².